The third-order valence-electron chi connectivity index (χ3n) is 3.64. The second-order valence-corrected chi connectivity index (χ2v) is 4.79. The number of aliphatic hydroxyl groups is 1. The minimum Gasteiger partial charge on any atom is -0.376 e. The first-order valence-corrected chi connectivity index (χ1v) is 6.38. The molecule has 0 bridgehead atoms. The van der Waals surface area contributed by atoms with Crippen molar-refractivity contribution < 1.29 is 5.11 Å². The predicted octanol–water partition coefficient (Wildman–Crippen LogP) is 1.87. The number of nitrogens with zero attached hydrogens (tertiary/aromatic N) is 3. The average Bonchev–Trinajstić information content (AvgIpc) is 2.42. The summed E-state index contributed by atoms with van der Waals surface area (Å²) in [6, 6.07) is 8.23. The van der Waals surface area contributed by atoms with E-state index in [0.717, 1.165) is 37.3 Å². The van der Waals surface area contributed by atoms with Gasteiger partial charge in [-0.1, -0.05) is 12.1 Å². The van der Waals surface area contributed by atoms with Crippen LogP contribution in [0.15, 0.2) is 29.3 Å². The Kier molecular flexibility index (Phi) is 4.33. The number of aliphatic imine (C=N–C) groups is 1. The zero-order valence-electron chi connectivity index (χ0n) is 10.9. The summed E-state index contributed by atoms with van der Waals surface area (Å²) in [5.74, 6) is 0. The van der Waals surface area contributed by atoms with Crippen molar-refractivity contribution in [3.05, 3.63) is 24.3 Å². The molecule has 1 N–H and O–H groups in total. The van der Waals surface area contributed by atoms with Gasteiger partial charge in [0.1, 0.15) is 6.73 Å². The summed E-state index contributed by atoms with van der Waals surface area (Å²) < 4.78 is 0. The molecule has 1 aliphatic rings. The molecular formula is C14H21N3O. The van der Waals surface area contributed by atoms with Gasteiger partial charge in [0.25, 0.3) is 0 Å². The number of aliphatic hydroxyl groups excluding tert-OH is 1. The minimum atomic E-state index is 0.0287. The zero-order chi connectivity index (χ0) is 13.0. The van der Waals surface area contributed by atoms with Crippen LogP contribution in [0.2, 0.25) is 0 Å². The summed E-state index contributed by atoms with van der Waals surface area (Å²) in [6.07, 6.45) is 2.14. The lowest BCUT2D eigenvalue weighted by molar-refractivity contribution is 0.216. The standard InChI is InChI=1S/C14H21N3O/c1-15-13-5-3-4-6-14(13)17(11-18)12-7-9-16(2)10-8-12/h3-6,12,18H,1,7-11H2,2H3. The number of benzene rings is 1. The van der Waals surface area contributed by atoms with E-state index < -0.39 is 0 Å². The second kappa shape index (κ2) is 5.98. The predicted molar refractivity (Wildman–Crippen MR) is 75.7 cm³/mol. The number of para-hydroxylation sites is 2. The highest BCUT2D eigenvalue weighted by Gasteiger charge is 2.24. The van der Waals surface area contributed by atoms with E-state index in [9.17, 15) is 5.11 Å². The van der Waals surface area contributed by atoms with Crippen molar-refractivity contribution in [1.29, 1.82) is 0 Å². The monoisotopic (exact) mass is 247 g/mol. The van der Waals surface area contributed by atoms with Crippen LogP contribution in [-0.4, -0.2) is 49.6 Å². The third-order valence-corrected chi connectivity index (χ3v) is 3.64. The first kappa shape index (κ1) is 13.1. The van der Waals surface area contributed by atoms with Gasteiger partial charge in [0, 0.05) is 6.04 Å². The van der Waals surface area contributed by atoms with Gasteiger partial charge >= 0.3 is 0 Å². The summed E-state index contributed by atoms with van der Waals surface area (Å²) in [6.45, 7) is 5.78. The van der Waals surface area contributed by atoms with Gasteiger partial charge in [-0.05, 0) is 51.8 Å². The lowest BCUT2D eigenvalue weighted by Gasteiger charge is -2.37. The molecule has 18 heavy (non-hydrogen) atoms. The first-order valence-electron chi connectivity index (χ1n) is 6.38. The van der Waals surface area contributed by atoms with Gasteiger partial charge in [-0.2, -0.15) is 0 Å². The van der Waals surface area contributed by atoms with Crippen LogP contribution in [0, 0.1) is 0 Å². The number of hydrogen-bond donors (Lipinski definition) is 1. The topological polar surface area (TPSA) is 39.1 Å². The maximum atomic E-state index is 9.67. The summed E-state index contributed by atoms with van der Waals surface area (Å²) in [4.78, 5) is 8.40. The lowest BCUT2D eigenvalue weighted by atomic mass is 10.0. The molecule has 98 valence electrons. The van der Waals surface area contributed by atoms with Crippen molar-refractivity contribution in [2.75, 3.05) is 31.8 Å². The third kappa shape index (κ3) is 2.71. The maximum Gasteiger partial charge on any atom is 0.116 e. The smallest absolute Gasteiger partial charge is 0.116 e. The average molecular weight is 247 g/mol. The van der Waals surface area contributed by atoms with E-state index in [0.29, 0.717) is 6.04 Å². The zero-order valence-corrected chi connectivity index (χ0v) is 10.9. The van der Waals surface area contributed by atoms with E-state index in [1.165, 1.54) is 0 Å². The molecule has 1 aromatic carbocycles. The molecule has 0 radical (unpaired) electrons. The number of hydrogen-bond acceptors (Lipinski definition) is 4. The van der Waals surface area contributed by atoms with Gasteiger partial charge in [0.2, 0.25) is 0 Å². The summed E-state index contributed by atoms with van der Waals surface area (Å²) in [5, 5.41) is 9.67. The Morgan fingerprint density at radius 2 is 2.06 bits per heavy atom. The van der Waals surface area contributed by atoms with Gasteiger partial charge in [-0.15, -0.1) is 0 Å². The lowest BCUT2D eigenvalue weighted by Crippen LogP contribution is -2.44. The molecule has 0 atom stereocenters. The molecule has 0 unspecified atom stereocenters. The summed E-state index contributed by atoms with van der Waals surface area (Å²) >= 11 is 0. The molecule has 1 saturated heterocycles. The molecule has 4 nitrogen and oxygen atoms in total. The number of likely N-dealkylation sites (tertiary alicyclic amines) is 1. The minimum absolute atomic E-state index is 0.0287. The van der Waals surface area contributed by atoms with Crippen molar-refractivity contribution >= 4 is 18.1 Å². The molecule has 0 amide bonds. The molecule has 0 aliphatic carbocycles. The molecule has 4 heteroatoms. The van der Waals surface area contributed by atoms with Crippen molar-refractivity contribution in [2.45, 2.75) is 18.9 Å². The van der Waals surface area contributed by atoms with Crippen LogP contribution in [-0.2, 0) is 0 Å². The molecule has 2 rings (SSSR count). The van der Waals surface area contributed by atoms with Crippen molar-refractivity contribution in [3.63, 3.8) is 0 Å². The Morgan fingerprint density at radius 1 is 1.39 bits per heavy atom. The van der Waals surface area contributed by atoms with Crippen LogP contribution >= 0.6 is 0 Å². The van der Waals surface area contributed by atoms with Gasteiger partial charge in [0.15, 0.2) is 0 Å². The molecule has 1 heterocycles. The van der Waals surface area contributed by atoms with Gasteiger partial charge < -0.3 is 14.9 Å². The highest BCUT2D eigenvalue weighted by Crippen LogP contribution is 2.31. The van der Waals surface area contributed by atoms with Crippen molar-refractivity contribution in [1.82, 2.24) is 4.90 Å². The molecule has 1 fully saturated rings. The Labute approximate surface area is 109 Å². The fourth-order valence-electron chi connectivity index (χ4n) is 2.54. The fraction of sp³-hybridized carbons (Fsp3) is 0.500. The number of rotatable bonds is 4. The summed E-state index contributed by atoms with van der Waals surface area (Å²) in [7, 11) is 2.14. The Hall–Kier alpha value is -1.39. The van der Waals surface area contributed by atoms with E-state index in [2.05, 4.69) is 23.7 Å². The molecule has 0 aromatic heterocycles. The molecule has 1 aliphatic heterocycles. The van der Waals surface area contributed by atoms with Crippen molar-refractivity contribution in [2.24, 2.45) is 4.99 Å². The van der Waals surface area contributed by atoms with Crippen LogP contribution in [0.1, 0.15) is 12.8 Å². The Morgan fingerprint density at radius 3 is 2.67 bits per heavy atom. The number of anilines is 1. The highest BCUT2D eigenvalue weighted by molar-refractivity contribution is 5.69. The van der Waals surface area contributed by atoms with E-state index >= 15 is 0 Å². The summed E-state index contributed by atoms with van der Waals surface area (Å²) in [5.41, 5.74) is 1.81. The van der Waals surface area contributed by atoms with Crippen LogP contribution in [0.4, 0.5) is 11.4 Å². The Balaban J connectivity index is 2.19. The van der Waals surface area contributed by atoms with Gasteiger partial charge in [0.05, 0.1) is 11.4 Å². The van der Waals surface area contributed by atoms with E-state index in [4.69, 9.17) is 0 Å². The largest absolute Gasteiger partial charge is 0.376 e. The fourth-order valence-corrected chi connectivity index (χ4v) is 2.54. The highest BCUT2D eigenvalue weighted by atomic mass is 16.3. The molecule has 0 saturated carbocycles. The second-order valence-electron chi connectivity index (χ2n) is 4.79. The molecular weight excluding hydrogens is 226 g/mol. The normalized spacial score (nSPS) is 17.7. The van der Waals surface area contributed by atoms with Gasteiger partial charge in [-0.25, -0.2) is 0 Å². The van der Waals surface area contributed by atoms with Gasteiger partial charge in [-0.3, -0.25) is 4.99 Å². The van der Waals surface area contributed by atoms with E-state index in [1.807, 2.05) is 29.2 Å². The van der Waals surface area contributed by atoms with Crippen molar-refractivity contribution in [3.8, 4) is 0 Å². The van der Waals surface area contributed by atoms with E-state index in [1.54, 1.807) is 0 Å². The number of piperidine rings is 1. The van der Waals surface area contributed by atoms with Crippen LogP contribution in [0.5, 0.6) is 0 Å². The molecule has 0 spiro atoms. The van der Waals surface area contributed by atoms with Crippen LogP contribution < -0.4 is 4.90 Å². The van der Waals surface area contributed by atoms with E-state index in [-0.39, 0.29) is 6.73 Å². The quantitative estimate of drug-likeness (QED) is 0.652. The Bertz CT molecular complexity index is 400. The maximum absolute atomic E-state index is 9.67. The van der Waals surface area contributed by atoms with Crippen LogP contribution in [0.25, 0.3) is 0 Å². The van der Waals surface area contributed by atoms with Crippen LogP contribution in [0.3, 0.4) is 0 Å². The first-order chi connectivity index (χ1) is 8.76. The molecule has 1 aromatic rings. The SMILES string of the molecule is C=Nc1ccccc1N(CO)C1CCN(C)CC1.